The Balaban J connectivity index is 1.90. The molecule has 0 aliphatic rings. The van der Waals surface area contributed by atoms with Crippen LogP contribution in [0, 0.1) is 13.8 Å². The number of pyridine rings is 1. The molecule has 0 aliphatic carbocycles. The first-order valence-electron chi connectivity index (χ1n) is 11.2. The van der Waals surface area contributed by atoms with Gasteiger partial charge in [0.15, 0.2) is 11.5 Å². The van der Waals surface area contributed by atoms with Gasteiger partial charge in [0.2, 0.25) is 0 Å². The standard InChI is InChI=1S/C26H33N3O5/c1-17-18(2)22(10-9-21(17)29(26(30)31)14-8-7-13-28(3)4)34-23-11-12-27-20-16-25(33-6)24(32-5)15-19(20)23/h9-12,15-16H,7-8,13-14H2,1-6H3,(H,30,31). The Kier molecular flexibility index (Phi) is 8.17. The summed E-state index contributed by atoms with van der Waals surface area (Å²) < 4.78 is 17.1. The molecule has 1 N–H and O–H groups in total. The molecular formula is C26H33N3O5. The fourth-order valence-corrected chi connectivity index (χ4v) is 3.86. The molecule has 1 amide bonds. The van der Waals surface area contributed by atoms with Crippen molar-refractivity contribution >= 4 is 22.7 Å². The highest BCUT2D eigenvalue weighted by Gasteiger charge is 2.19. The van der Waals surface area contributed by atoms with Gasteiger partial charge in [-0.25, -0.2) is 4.79 Å². The van der Waals surface area contributed by atoms with Crippen LogP contribution in [0.1, 0.15) is 24.0 Å². The Hall–Kier alpha value is -3.52. The van der Waals surface area contributed by atoms with E-state index in [-0.39, 0.29) is 0 Å². The predicted molar refractivity (Wildman–Crippen MR) is 134 cm³/mol. The van der Waals surface area contributed by atoms with Crippen molar-refractivity contribution in [1.82, 2.24) is 9.88 Å². The molecule has 8 heteroatoms. The number of unbranched alkanes of at least 4 members (excludes halogenated alkanes) is 1. The molecule has 0 unspecified atom stereocenters. The Labute approximate surface area is 200 Å². The molecule has 0 spiro atoms. The van der Waals surface area contributed by atoms with Gasteiger partial charge >= 0.3 is 6.09 Å². The summed E-state index contributed by atoms with van der Waals surface area (Å²) in [5.74, 6) is 2.46. The summed E-state index contributed by atoms with van der Waals surface area (Å²) in [6, 6.07) is 9.08. The van der Waals surface area contributed by atoms with E-state index < -0.39 is 6.09 Å². The first kappa shape index (κ1) is 25.1. The number of amides is 1. The third kappa shape index (κ3) is 5.51. The molecule has 1 heterocycles. The monoisotopic (exact) mass is 467 g/mol. The zero-order valence-electron chi connectivity index (χ0n) is 20.7. The summed E-state index contributed by atoms with van der Waals surface area (Å²) in [6.07, 6.45) is 2.44. The maximum atomic E-state index is 12.0. The number of anilines is 1. The number of methoxy groups -OCH3 is 2. The lowest BCUT2D eigenvalue weighted by Gasteiger charge is -2.24. The van der Waals surface area contributed by atoms with Crippen LogP contribution in [0.4, 0.5) is 10.5 Å². The van der Waals surface area contributed by atoms with Gasteiger partial charge in [0.1, 0.15) is 11.5 Å². The minimum Gasteiger partial charge on any atom is -0.493 e. The number of carboxylic acid groups (broad SMARTS) is 1. The average molecular weight is 468 g/mol. The van der Waals surface area contributed by atoms with Crippen molar-refractivity contribution in [2.45, 2.75) is 26.7 Å². The molecule has 3 aromatic rings. The number of rotatable bonds is 10. The lowest BCUT2D eigenvalue weighted by Crippen LogP contribution is -2.31. The number of hydrogen-bond donors (Lipinski definition) is 1. The van der Waals surface area contributed by atoms with E-state index in [0.717, 1.165) is 41.4 Å². The van der Waals surface area contributed by atoms with Gasteiger partial charge in [0.05, 0.1) is 25.4 Å². The maximum Gasteiger partial charge on any atom is 0.411 e. The average Bonchev–Trinajstić information content (AvgIpc) is 2.81. The molecule has 0 fully saturated rings. The number of benzene rings is 2. The Bertz CT molecular complexity index is 1160. The van der Waals surface area contributed by atoms with Crippen molar-refractivity contribution in [2.75, 3.05) is 46.3 Å². The second kappa shape index (κ2) is 11.1. The zero-order chi connectivity index (χ0) is 24.8. The van der Waals surface area contributed by atoms with Crippen LogP contribution in [0.5, 0.6) is 23.0 Å². The Morgan fingerprint density at radius 1 is 0.912 bits per heavy atom. The van der Waals surface area contributed by atoms with Crippen LogP contribution < -0.4 is 19.1 Å². The lowest BCUT2D eigenvalue weighted by molar-refractivity contribution is 0.201. The van der Waals surface area contributed by atoms with E-state index in [1.165, 1.54) is 4.90 Å². The maximum absolute atomic E-state index is 12.0. The number of fused-ring (bicyclic) bond motifs is 1. The molecule has 0 saturated carbocycles. The second-order valence-corrected chi connectivity index (χ2v) is 8.41. The minimum absolute atomic E-state index is 0.445. The molecule has 0 saturated heterocycles. The van der Waals surface area contributed by atoms with Gasteiger partial charge in [0.25, 0.3) is 0 Å². The van der Waals surface area contributed by atoms with Crippen molar-refractivity contribution < 1.29 is 24.1 Å². The van der Waals surface area contributed by atoms with Crippen molar-refractivity contribution in [3.8, 4) is 23.0 Å². The second-order valence-electron chi connectivity index (χ2n) is 8.41. The molecule has 182 valence electrons. The summed E-state index contributed by atoms with van der Waals surface area (Å²) >= 11 is 0. The fourth-order valence-electron chi connectivity index (χ4n) is 3.86. The highest BCUT2D eigenvalue weighted by Crippen LogP contribution is 2.39. The Morgan fingerprint density at radius 3 is 2.24 bits per heavy atom. The van der Waals surface area contributed by atoms with Gasteiger partial charge in [-0.3, -0.25) is 9.88 Å². The molecule has 0 atom stereocenters. The minimum atomic E-state index is -0.956. The molecule has 8 nitrogen and oxygen atoms in total. The van der Waals surface area contributed by atoms with Gasteiger partial charge in [0, 0.05) is 24.2 Å². The molecule has 0 radical (unpaired) electrons. The van der Waals surface area contributed by atoms with Crippen LogP contribution in [-0.4, -0.2) is 62.5 Å². The number of carbonyl (C=O) groups is 1. The SMILES string of the molecule is COc1cc2nccc(Oc3ccc(N(CCCCN(C)C)C(=O)O)c(C)c3C)c2cc1OC. The van der Waals surface area contributed by atoms with E-state index in [0.29, 0.717) is 35.2 Å². The first-order chi connectivity index (χ1) is 16.3. The molecule has 2 aromatic carbocycles. The smallest absolute Gasteiger partial charge is 0.411 e. The third-order valence-electron chi connectivity index (χ3n) is 5.89. The number of nitrogens with zero attached hydrogens (tertiary/aromatic N) is 3. The van der Waals surface area contributed by atoms with Crippen molar-refractivity contribution in [3.63, 3.8) is 0 Å². The number of aromatic nitrogens is 1. The lowest BCUT2D eigenvalue weighted by atomic mass is 10.1. The zero-order valence-corrected chi connectivity index (χ0v) is 20.7. The van der Waals surface area contributed by atoms with E-state index >= 15 is 0 Å². The summed E-state index contributed by atoms with van der Waals surface area (Å²) in [5, 5.41) is 10.6. The number of ether oxygens (including phenoxy) is 3. The van der Waals surface area contributed by atoms with Crippen LogP contribution in [-0.2, 0) is 0 Å². The predicted octanol–water partition coefficient (Wildman–Crippen LogP) is 5.49. The molecule has 0 aliphatic heterocycles. The van der Waals surface area contributed by atoms with E-state index in [2.05, 4.69) is 9.88 Å². The molecule has 34 heavy (non-hydrogen) atoms. The van der Waals surface area contributed by atoms with Gasteiger partial charge in [-0.2, -0.15) is 0 Å². The molecule has 1 aromatic heterocycles. The van der Waals surface area contributed by atoms with E-state index in [4.69, 9.17) is 14.2 Å². The van der Waals surface area contributed by atoms with Gasteiger partial charge in [-0.15, -0.1) is 0 Å². The van der Waals surface area contributed by atoms with Crippen molar-refractivity contribution in [1.29, 1.82) is 0 Å². The quantitative estimate of drug-likeness (QED) is 0.395. The van der Waals surface area contributed by atoms with E-state index in [9.17, 15) is 9.90 Å². The van der Waals surface area contributed by atoms with E-state index in [1.807, 2.05) is 52.2 Å². The Morgan fingerprint density at radius 2 is 1.59 bits per heavy atom. The topological polar surface area (TPSA) is 84.4 Å². The summed E-state index contributed by atoms with van der Waals surface area (Å²) in [5.41, 5.74) is 3.14. The summed E-state index contributed by atoms with van der Waals surface area (Å²) in [6.45, 7) is 5.23. The van der Waals surface area contributed by atoms with Crippen LogP contribution in [0.25, 0.3) is 10.9 Å². The highest BCUT2D eigenvalue weighted by molar-refractivity contribution is 5.89. The van der Waals surface area contributed by atoms with Crippen LogP contribution >= 0.6 is 0 Å². The number of hydrogen-bond acceptors (Lipinski definition) is 6. The summed E-state index contributed by atoms with van der Waals surface area (Å²) in [7, 11) is 7.20. The van der Waals surface area contributed by atoms with Crippen molar-refractivity contribution in [2.24, 2.45) is 0 Å². The van der Waals surface area contributed by atoms with Gasteiger partial charge < -0.3 is 24.2 Å². The van der Waals surface area contributed by atoms with E-state index in [1.54, 1.807) is 26.5 Å². The van der Waals surface area contributed by atoms with Crippen molar-refractivity contribution in [3.05, 3.63) is 47.7 Å². The van der Waals surface area contributed by atoms with Gasteiger partial charge in [-0.05, 0) is 82.7 Å². The largest absolute Gasteiger partial charge is 0.493 e. The molecular weight excluding hydrogens is 434 g/mol. The van der Waals surface area contributed by atoms with Crippen LogP contribution in [0.15, 0.2) is 36.5 Å². The molecule has 3 rings (SSSR count). The van der Waals surface area contributed by atoms with Crippen LogP contribution in [0.2, 0.25) is 0 Å². The highest BCUT2D eigenvalue weighted by atomic mass is 16.5. The fraction of sp³-hybridized carbons (Fsp3) is 0.385. The van der Waals surface area contributed by atoms with Crippen LogP contribution in [0.3, 0.4) is 0 Å². The third-order valence-corrected chi connectivity index (χ3v) is 5.89. The van der Waals surface area contributed by atoms with Gasteiger partial charge in [-0.1, -0.05) is 0 Å². The normalized spacial score (nSPS) is 11.0. The molecule has 0 bridgehead atoms. The summed E-state index contributed by atoms with van der Waals surface area (Å²) in [4.78, 5) is 19.9. The first-order valence-corrected chi connectivity index (χ1v) is 11.2.